The number of piperidine rings is 1. The molecule has 0 aromatic heterocycles. The molecule has 0 radical (unpaired) electrons. The monoisotopic (exact) mass is 430 g/mol. The highest BCUT2D eigenvalue weighted by molar-refractivity contribution is 7.88. The standard InChI is InChI=1S/C19H27ClN2O5S/c1-13(2)27-19-16(20)11-14(12-17(19)26-3)5-6-18(23)21-15-7-9-22(10-8-15)28(4,24)25/h5-6,11-13,15H,7-10H2,1-4H3,(H,21,23). The van der Waals surface area contributed by atoms with Crippen molar-refractivity contribution in [2.24, 2.45) is 0 Å². The van der Waals surface area contributed by atoms with Gasteiger partial charge in [0.15, 0.2) is 11.5 Å². The van der Waals surface area contributed by atoms with Crippen molar-refractivity contribution in [2.75, 3.05) is 26.5 Å². The van der Waals surface area contributed by atoms with Gasteiger partial charge in [-0.1, -0.05) is 11.6 Å². The summed E-state index contributed by atoms with van der Waals surface area (Å²) in [5, 5.41) is 3.31. The lowest BCUT2D eigenvalue weighted by molar-refractivity contribution is -0.117. The van der Waals surface area contributed by atoms with Crippen molar-refractivity contribution < 1.29 is 22.7 Å². The van der Waals surface area contributed by atoms with Crippen LogP contribution in [0.5, 0.6) is 11.5 Å². The lowest BCUT2D eigenvalue weighted by Crippen LogP contribution is -2.45. The average molecular weight is 431 g/mol. The van der Waals surface area contributed by atoms with Crippen molar-refractivity contribution in [1.82, 2.24) is 9.62 Å². The number of benzene rings is 1. The predicted octanol–water partition coefficient (Wildman–Crippen LogP) is 2.69. The van der Waals surface area contributed by atoms with Gasteiger partial charge in [-0.2, -0.15) is 0 Å². The fourth-order valence-corrected chi connectivity index (χ4v) is 4.08. The Labute approximate surface area is 171 Å². The highest BCUT2D eigenvalue weighted by atomic mass is 35.5. The summed E-state index contributed by atoms with van der Waals surface area (Å²) in [5.74, 6) is 0.725. The number of hydrogen-bond donors (Lipinski definition) is 1. The summed E-state index contributed by atoms with van der Waals surface area (Å²) in [5.41, 5.74) is 0.708. The second-order valence-corrected chi connectivity index (χ2v) is 9.37. The normalized spacial score (nSPS) is 16.5. The number of sulfonamides is 1. The first-order valence-electron chi connectivity index (χ1n) is 9.08. The molecule has 2 rings (SSSR count). The molecule has 0 atom stereocenters. The van der Waals surface area contributed by atoms with Crippen LogP contribution in [0.2, 0.25) is 5.02 Å². The van der Waals surface area contributed by atoms with Crippen LogP contribution in [0, 0.1) is 0 Å². The Morgan fingerprint density at radius 2 is 1.96 bits per heavy atom. The highest BCUT2D eigenvalue weighted by Gasteiger charge is 2.25. The van der Waals surface area contributed by atoms with Gasteiger partial charge in [-0.15, -0.1) is 0 Å². The van der Waals surface area contributed by atoms with E-state index < -0.39 is 10.0 Å². The van der Waals surface area contributed by atoms with Gasteiger partial charge in [-0.05, 0) is 50.5 Å². The molecule has 1 saturated heterocycles. The van der Waals surface area contributed by atoms with Gasteiger partial charge in [-0.25, -0.2) is 12.7 Å². The van der Waals surface area contributed by atoms with E-state index in [9.17, 15) is 13.2 Å². The summed E-state index contributed by atoms with van der Waals surface area (Å²) in [6.07, 6.45) is 5.41. The van der Waals surface area contributed by atoms with Crippen molar-refractivity contribution in [3.05, 3.63) is 28.8 Å². The fourth-order valence-electron chi connectivity index (χ4n) is 2.94. The van der Waals surface area contributed by atoms with E-state index in [1.807, 2.05) is 13.8 Å². The number of hydrogen-bond acceptors (Lipinski definition) is 5. The summed E-state index contributed by atoms with van der Waals surface area (Å²) in [6.45, 7) is 4.62. The summed E-state index contributed by atoms with van der Waals surface area (Å²) < 4.78 is 35.5. The van der Waals surface area contributed by atoms with Crippen LogP contribution in [0.4, 0.5) is 0 Å². The molecule has 9 heteroatoms. The number of nitrogens with zero attached hydrogens (tertiary/aromatic N) is 1. The van der Waals surface area contributed by atoms with Crippen molar-refractivity contribution >= 4 is 33.6 Å². The van der Waals surface area contributed by atoms with Gasteiger partial charge in [-0.3, -0.25) is 4.79 Å². The molecule has 1 heterocycles. The predicted molar refractivity (Wildman–Crippen MR) is 110 cm³/mol. The molecule has 1 fully saturated rings. The third-order valence-corrected chi connectivity index (χ3v) is 5.89. The molecule has 1 aliphatic heterocycles. The van der Waals surface area contributed by atoms with E-state index in [-0.39, 0.29) is 18.1 Å². The van der Waals surface area contributed by atoms with Crippen LogP contribution in [-0.4, -0.2) is 57.2 Å². The van der Waals surface area contributed by atoms with E-state index in [4.69, 9.17) is 21.1 Å². The van der Waals surface area contributed by atoms with E-state index >= 15 is 0 Å². The number of carbonyl (C=O) groups excluding carboxylic acids is 1. The third kappa shape index (κ3) is 6.39. The Morgan fingerprint density at radius 1 is 1.32 bits per heavy atom. The number of methoxy groups -OCH3 is 1. The molecule has 0 spiro atoms. The quantitative estimate of drug-likeness (QED) is 0.672. The summed E-state index contributed by atoms with van der Waals surface area (Å²) >= 11 is 6.29. The first-order chi connectivity index (χ1) is 13.1. The molecule has 1 aliphatic rings. The van der Waals surface area contributed by atoms with Gasteiger partial charge in [0.2, 0.25) is 15.9 Å². The number of halogens is 1. The number of amides is 1. The molecule has 28 heavy (non-hydrogen) atoms. The third-order valence-electron chi connectivity index (χ3n) is 4.30. The minimum Gasteiger partial charge on any atom is -0.493 e. The van der Waals surface area contributed by atoms with Crippen molar-refractivity contribution in [2.45, 2.75) is 38.8 Å². The fraction of sp³-hybridized carbons (Fsp3) is 0.526. The number of nitrogens with one attached hydrogen (secondary N) is 1. The largest absolute Gasteiger partial charge is 0.493 e. The number of rotatable bonds is 7. The summed E-state index contributed by atoms with van der Waals surface area (Å²) in [7, 11) is -1.64. The molecule has 1 N–H and O–H groups in total. The van der Waals surface area contributed by atoms with Crippen LogP contribution in [0.3, 0.4) is 0 Å². The zero-order valence-corrected chi connectivity index (χ0v) is 18.1. The van der Waals surface area contributed by atoms with Crippen LogP contribution < -0.4 is 14.8 Å². The first-order valence-corrected chi connectivity index (χ1v) is 11.3. The van der Waals surface area contributed by atoms with Crippen molar-refractivity contribution in [3.8, 4) is 11.5 Å². The minimum absolute atomic E-state index is 0.0462. The van der Waals surface area contributed by atoms with Gasteiger partial charge in [0.25, 0.3) is 0 Å². The van der Waals surface area contributed by atoms with Crippen LogP contribution in [0.15, 0.2) is 18.2 Å². The maximum Gasteiger partial charge on any atom is 0.244 e. The van der Waals surface area contributed by atoms with Gasteiger partial charge < -0.3 is 14.8 Å². The molecular weight excluding hydrogens is 404 g/mol. The molecule has 0 unspecified atom stereocenters. The van der Waals surface area contributed by atoms with E-state index in [2.05, 4.69) is 5.32 Å². The van der Waals surface area contributed by atoms with E-state index in [1.54, 1.807) is 18.2 Å². The zero-order valence-electron chi connectivity index (χ0n) is 16.6. The van der Waals surface area contributed by atoms with Gasteiger partial charge in [0.1, 0.15) is 0 Å². The average Bonchev–Trinajstić information content (AvgIpc) is 2.61. The molecule has 1 aromatic carbocycles. The molecule has 0 aliphatic carbocycles. The second-order valence-electron chi connectivity index (χ2n) is 6.98. The van der Waals surface area contributed by atoms with Gasteiger partial charge in [0.05, 0.1) is 24.5 Å². The topological polar surface area (TPSA) is 84.9 Å². The molecule has 7 nitrogen and oxygen atoms in total. The molecule has 1 amide bonds. The Hall–Kier alpha value is -1.77. The van der Waals surface area contributed by atoms with Crippen LogP contribution in [-0.2, 0) is 14.8 Å². The zero-order chi connectivity index (χ0) is 20.9. The SMILES string of the molecule is COc1cc(C=CC(=O)NC2CCN(S(C)(=O)=O)CC2)cc(Cl)c1OC(C)C. The van der Waals surface area contributed by atoms with Crippen LogP contribution >= 0.6 is 11.6 Å². The molecule has 156 valence electrons. The van der Waals surface area contributed by atoms with Gasteiger partial charge in [0, 0.05) is 25.2 Å². The smallest absolute Gasteiger partial charge is 0.244 e. The Kier molecular flexibility index (Phi) is 7.74. The molecule has 0 bridgehead atoms. The van der Waals surface area contributed by atoms with E-state index in [0.29, 0.717) is 48.0 Å². The number of carbonyl (C=O) groups is 1. The van der Waals surface area contributed by atoms with Crippen molar-refractivity contribution in [3.63, 3.8) is 0 Å². The molecule has 0 saturated carbocycles. The van der Waals surface area contributed by atoms with Crippen LogP contribution in [0.25, 0.3) is 6.08 Å². The van der Waals surface area contributed by atoms with E-state index in [1.165, 1.54) is 23.7 Å². The van der Waals surface area contributed by atoms with Crippen molar-refractivity contribution in [1.29, 1.82) is 0 Å². The maximum absolute atomic E-state index is 12.2. The number of ether oxygens (including phenoxy) is 2. The molecule has 1 aromatic rings. The molecular formula is C19H27ClN2O5S. The first kappa shape index (κ1) is 22.5. The lowest BCUT2D eigenvalue weighted by Gasteiger charge is -2.30. The highest BCUT2D eigenvalue weighted by Crippen LogP contribution is 2.37. The summed E-state index contributed by atoms with van der Waals surface area (Å²) in [4.78, 5) is 12.2. The lowest BCUT2D eigenvalue weighted by atomic mass is 10.1. The Bertz CT molecular complexity index is 831. The maximum atomic E-state index is 12.2. The van der Waals surface area contributed by atoms with Crippen LogP contribution in [0.1, 0.15) is 32.3 Å². The second kappa shape index (κ2) is 9.62. The van der Waals surface area contributed by atoms with Gasteiger partial charge >= 0.3 is 0 Å². The van der Waals surface area contributed by atoms with E-state index in [0.717, 1.165) is 0 Å². The summed E-state index contributed by atoms with van der Waals surface area (Å²) in [6, 6.07) is 3.41. The Morgan fingerprint density at radius 3 is 2.50 bits per heavy atom. The Balaban J connectivity index is 1.98. The minimum atomic E-state index is -3.17.